The number of thiocarbonyl (C=S) groups is 1. The molecule has 0 saturated carbocycles. The smallest absolute Gasteiger partial charge is 0.414 e. The zero-order valence-corrected chi connectivity index (χ0v) is 17.8. The minimum Gasteiger partial charge on any atom is -0.442 e. The summed E-state index contributed by atoms with van der Waals surface area (Å²) in [7, 11) is 0. The molecule has 0 aliphatic carbocycles. The normalized spacial score (nSPS) is 21.4. The summed E-state index contributed by atoms with van der Waals surface area (Å²) < 4.78 is 20.2. The van der Waals surface area contributed by atoms with Gasteiger partial charge in [-0.25, -0.2) is 9.18 Å². The summed E-state index contributed by atoms with van der Waals surface area (Å²) in [5.74, 6) is -0.357. The number of carbonyl (C=O) groups excluding carboxylic acids is 2. The van der Waals surface area contributed by atoms with Gasteiger partial charge >= 0.3 is 6.09 Å². The molecule has 0 aromatic heterocycles. The van der Waals surface area contributed by atoms with E-state index in [-0.39, 0.29) is 12.0 Å². The number of halogens is 1. The Bertz CT molecular complexity index is 842. The highest BCUT2D eigenvalue weighted by atomic mass is 32.1. The number of ether oxygens (including phenoxy) is 1. The summed E-state index contributed by atoms with van der Waals surface area (Å²) in [6.07, 6.45) is 0.306. The van der Waals surface area contributed by atoms with Crippen molar-refractivity contribution in [2.45, 2.75) is 19.4 Å². The van der Waals surface area contributed by atoms with Gasteiger partial charge in [-0.05, 0) is 36.8 Å². The van der Waals surface area contributed by atoms with Crippen molar-refractivity contribution >= 4 is 40.7 Å². The van der Waals surface area contributed by atoms with E-state index in [1.165, 1.54) is 11.0 Å². The zero-order valence-electron chi connectivity index (χ0n) is 17.0. The predicted molar refractivity (Wildman–Crippen MR) is 115 cm³/mol. The first-order valence-corrected chi connectivity index (χ1v) is 10.6. The summed E-state index contributed by atoms with van der Waals surface area (Å²) in [6, 6.07) is 4.79. The molecule has 162 valence electrons. The highest BCUT2D eigenvalue weighted by molar-refractivity contribution is 7.80. The predicted octanol–water partition coefficient (Wildman–Crippen LogP) is 1.40. The van der Waals surface area contributed by atoms with Crippen LogP contribution in [-0.2, 0) is 9.53 Å². The Kier molecular flexibility index (Phi) is 5.94. The number of carbonyl (C=O) groups is 2. The SMILES string of the molecule is CC(=O)N1CCN(c2ccc(N3C[C@H](CNC(=S)N4CCC4)OC3=O)cc2F)CC1. The van der Waals surface area contributed by atoms with Crippen molar-refractivity contribution in [1.29, 1.82) is 0 Å². The first kappa shape index (κ1) is 20.6. The van der Waals surface area contributed by atoms with Gasteiger partial charge in [0.2, 0.25) is 5.91 Å². The van der Waals surface area contributed by atoms with Gasteiger partial charge in [-0.1, -0.05) is 0 Å². The van der Waals surface area contributed by atoms with Crippen molar-refractivity contribution in [3.8, 4) is 0 Å². The third-order valence-electron chi connectivity index (χ3n) is 5.81. The van der Waals surface area contributed by atoms with Crippen molar-refractivity contribution in [2.24, 2.45) is 0 Å². The molecule has 3 aliphatic rings. The lowest BCUT2D eigenvalue weighted by Crippen LogP contribution is -2.49. The van der Waals surface area contributed by atoms with Gasteiger partial charge in [-0.2, -0.15) is 0 Å². The van der Waals surface area contributed by atoms with Gasteiger partial charge in [0.1, 0.15) is 11.9 Å². The fourth-order valence-electron chi connectivity index (χ4n) is 3.85. The molecule has 1 N–H and O–H groups in total. The number of anilines is 2. The molecule has 0 unspecified atom stereocenters. The Balaban J connectivity index is 1.35. The van der Waals surface area contributed by atoms with Crippen LogP contribution in [0, 0.1) is 5.82 Å². The van der Waals surface area contributed by atoms with E-state index in [0.717, 1.165) is 19.5 Å². The van der Waals surface area contributed by atoms with E-state index in [0.29, 0.717) is 55.8 Å². The zero-order chi connectivity index (χ0) is 21.3. The summed E-state index contributed by atoms with van der Waals surface area (Å²) in [5, 5.41) is 3.82. The Morgan fingerprint density at radius 3 is 2.53 bits per heavy atom. The number of hydrogen-bond acceptors (Lipinski definition) is 5. The number of amides is 2. The summed E-state index contributed by atoms with van der Waals surface area (Å²) in [5.41, 5.74) is 0.948. The number of cyclic esters (lactones) is 1. The van der Waals surface area contributed by atoms with Crippen LogP contribution in [0.5, 0.6) is 0 Å². The number of nitrogens with zero attached hydrogens (tertiary/aromatic N) is 4. The molecule has 3 saturated heterocycles. The Morgan fingerprint density at radius 2 is 1.93 bits per heavy atom. The van der Waals surface area contributed by atoms with E-state index < -0.39 is 11.9 Å². The van der Waals surface area contributed by atoms with Gasteiger partial charge < -0.3 is 24.8 Å². The number of nitrogens with one attached hydrogen (secondary N) is 1. The molecule has 0 radical (unpaired) electrons. The number of rotatable bonds is 4. The molecule has 0 spiro atoms. The maximum Gasteiger partial charge on any atom is 0.414 e. The molecule has 0 bridgehead atoms. The average molecular weight is 436 g/mol. The molecule has 30 heavy (non-hydrogen) atoms. The van der Waals surface area contributed by atoms with Crippen molar-refractivity contribution in [3.63, 3.8) is 0 Å². The van der Waals surface area contributed by atoms with Crippen LogP contribution >= 0.6 is 12.2 Å². The quantitative estimate of drug-likeness (QED) is 0.717. The van der Waals surface area contributed by atoms with Crippen LogP contribution in [0.1, 0.15) is 13.3 Å². The maximum atomic E-state index is 14.8. The molecule has 3 fully saturated rings. The van der Waals surface area contributed by atoms with Crippen LogP contribution in [0.25, 0.3) is 0 Å². The number of piperazine rings is 1. The fourth-order valence-corrected chi connectivity index (χ4v) is 4.12. The Labute approximate surface area is 180 Å². The highest BCUT2D eigenvalue weighted by Crippen LogP contribution is 2.28. The van der Waals surface area contributed by atoms with Gasteiger partial charge in [0.25, 0.3) is 0 Å². The lowest BCUT2D eigenvalue weighted by Gasteiger charge is -2.35. The van der Waals surface area contributed by atoms with Crippen LogP contribution in [0.4, 0.5) is 20.6 Å². The molecule has 2 amide bonds. The maximum absolute atomic E-state index is 14.8. The third-order valence-corrected chi connectivity index (χ3v) is 6.21. The van der Waals surface area contributed by atoms with Crippen molar-refractivity contribution < 1.29 is 18.7 Å². The highest BCUT2D eigenvalue weighted by Gasteiger charge is 2.33. The minimum absolute atomic E-state index is 0.0349. The number of likely N-dealkylation sites (tertiary alicyclic amines) is 1. The Morgan fingerprint density at radius 1 is 1.20 bits per heavy atom. The summed E-state index contributed by atoms with van der Waals surface area (Å²) >= 11 is 5.31. The summed E-state index contributed by atoms with van der Waals surface area (Å²) in [4.78, 5) is 30.9. The lowest BCUT2D eigenvalue weighted by atomic mass is 10.2. The van der Waals surface area contributed by atoms with E-state index in [1.54, 1.807) is 24.0 Å². The van der Waals surface area contributed by atoms with Crippen LogP contribution in [0.15, 0.2) is 18.2 Å². The van der Waals surface area contributed by atoms with Crippen molar-refractivity contribution in [2.75, 3.05) is 62.2 Å². The van der Waals surface area contributed by atoms with Gasteiger partial charge in [0.15, 0.2) is 5.11 Å². The van der Waals surface area contributed by atoms with Crippen LogP contribution in [0.2, 0.25) is 0 Å². The molecular weight excluding hydrogens is 409 g/mol. The monoisotopic (exact) mass is 435 g/mol. The second kappa shape index (κ2) is 8.63. The van der Waals surface area contributed by atoms with Crippen molar-refractivity contribution in [1.82, 2.24) is 15.1 Å². The van der Waals surface area contributed by atoms with E-state index in [9.17, 15) is 14.0 Å². The van der Waals surface area contributed by atoms with Crippen LogP contribution < -0.4 is 15.1 Å². The van der Waals surface area contributed by atoms with Crippen LogP contribution in [-0.4, -0.2) is 85.4 Å². The van der Waals surface area contributed by atoms with Gasteiger partial charge in [-0.3, -0.25) is 9.69 Å². The first-order valence-electron chi connectivity index (χ1n) is 10.2. The molecule has 8 nitrogen and oxygen atoms in total. The molecule has 1 atom stereocenters. The second-order valence-electron chi connectivity index (χ2n) is 7.77. The van der Waals surface area contributed by atoms with Gasteiger partial charge in [0, 0.05) is 46.2 Å². The topological polar surface area (TPSA) is 68.4 Å². The largest absolute Gasteiger partial charge is 0.442 e. The first-order chi connectivity index (χ1) is 14.4. The molecule has 4 rings (SSSR count). The molecule has 10 heteroatoms. The van der Waals surface area contributed by atoms with Crippen LogP contribution in [0.3, 0.4) is 0 Å². The molecule has 1 aromatic rings. The van der Waals surface area contributed by atoms with Crippen molar-refractivity contribution in [3.05, 3.63) is 24.0 Å². The molecule has 1 aromatic carbocycles. The Hall–Kier alpha value is -2.62. The minimum atomic E-state index is -0.487. The third kappa shape index (κ3) is 4.28. The van der Waals surface area contributed by atoms with E-state index in [2.05, 4.69) is 10.2 Å². The standard InChI is InChI=1S/C20H26FN5O3S/c1-14(27)23-7-9-24(10-8-23)18-4-3-15(11-17(18)21)26-13-16(29-20(26)28)12-22-19(30)25-5-2-6-25/h3-4,11,16H,2,5-10,12-13H2,1H3,(H,22,30)/t16-/m0/s1. The molecule has 3 heterocycles. The lowest BCUT2D eigenvalue weighted by molar-refractivity contribution is -0.129. The fraction of sp³-hybridized carbons (Fsp3) is 0.550. The second-order valence-corrected chi connectivity index (χ2v) is 8.16. The molecular formula is C20H26FN5O3S. The number of hydrogen-bond donors (Lipinski definition) is 1. The molecule has 3 aliphatic heterocycles. The summed E-state index contributed by atoms with van der Waals surface area (Å²) in [6.45, 7) is 6.52. The van der Waals surface area contributed by atoms with Gasteiger partial charge in [-0.15, -0.1) is 0 Å². The van der Waals surface area contributed by atoms with Gasteiger partial charge in [0.05, 0.1) is 24.5 Å². The average Bonchev–Trinajstić information content (AvgIpc) is 3.06. The van der Waals surface area contributed by atoms with E-state index in [1.807, 2.05) is 4.90 Å². The van der Waals surface area contributed by atoms with E-state index >= 15 is 0 Å². The van der Waals surface area contributed by atoms with E-state index in [4.69, 9.17) is 17.0 Å². The number of benzene rings is 1.